The van der Waals surface area contributed by atoms with Crippen molar-refractivity contribution in [1.29, 1.82) is 0 Å². The fraction of sp³-hybridized carbons (Fsp3) is 0.667. The van der Waals surface area contributed by atoms with Crippen LogP contribution < -0.4 is 4.90 Å². The highest BCUT2D eigenvalue weighted by Gasteiger charge is 2.27. The van der Waals surface area contributed by atoms with E-state index in [-0.39, 0.29) is 24.0 Å². The summed E-state index contributed by atoms with van der Waals surface area (Å²) < 4.78 is 0. The number of nitrogens with zero attached hydrogens (tertiary/aromatic N) is 1. The number of benzene rings is 1. The molecule has 0 fully saturated rings. The van der Waals surface area contributed by atoms with Crippen LogP contribution in [0.15, 0.2) is 24.3 Å². The summed E-state index contributed by atoms with van der Waals surface area (Å²) in [5, 5.41) is 9.43. The van der Waals surface area contributed by atoms with Crippen LogP contribution in [-0.4, -0.2) is 17.1 Å². The monoisotopic (exact) mass is 333 g/mol. The quantitative estimate of drug-likeness (QED) is 0.622. The van der Waals surface area contributed by atoms with Crippen molar-refractivity contribution in [3.8, 4) is 0 Å². The van der Waals surface area contributed by atoms with Crippen LogP contribution in [-0.2, 0) is 11.4 Å². The molecule has 1 unspecified atom stereocenters. The summed E-state index contributed by atoms with van der Waals surface area (Å²) in [6.45, 7) is 10.7. The number of amides is 1. The second-order valence-corrected chi connectivity index (χ2v) is 7.89. The van der Waals surface area contributed by atoms with Crippen LogP contribution in [0.25, 0.3) is 0 Å². The highest BCUT2D eigenvalue weighted by molar-refractivity contribution is 5.94. The number of anilines is 1. The Morgan fingerprint density at radius 1 is 1.21 bits per heavy atom. The molecule has 0 aliphatic carbocycles. The van der Waals surface area contributed by atoms with Crippen LogP contribution in [0.1, 0.15) is 78.7 Å². The largest absolute Gasteiger partial charge is 0.392 e. The van der Waals surface area contributed by atoms with Gasteiger partial charge in [-0.15, -0.1) is 0 Å². The zero-order valence-corrected chi connectivity index (χ0v) is 16.1. The van der Waals surface area contributed by atoms with Gasteiger partial charge in [0.1, 0.15) is 0 Å². The first-order chi connectivity index (χ1) is 11.3. The molecule has 1 amide bonds. The number of hydrogen-bond donors (Lipinski definition) is 1. The van der Waals surface area contributed by atoms with Gasteiger partial charge in [-0.2, -0.15) is 0 Å². The fourth-order valence-electron chi connectivity index (χ4n) is 3.05. The molecule has 1 rings (SSSR count). The van der Waals surface area contributed by atoms with Crippen molar-refractivity contribution < 1.29 is 9.90 Å². The average Bonchev–Trinajstić information content (AvgIpc) is 2.52. The van der Waals surface area contributed by atoms with E-state index in [0.29, 0.717) is 6.42 Å². The molecule has 0 heterocycles. The van der Waals surface area contributed by atoms with Crippen molar-refractivity contribution in [2.45, 2.75) is 85.8 Å². The molecule has 0 saturated carbocycles. The lowest BCUT2D eigenvalue weighted by Gasteiger charge is -2.34. The Labute approximate surface area is 148 Å². The van der Waals surface area contributed by atoms with Crippen LogP contribution in [0.4, 0.5) is 5.69 Å². The highest BCUT2D eigenvalue weighted by Crippen LogP contribution is 2.28. The summed E-state index contributed by atoms with van der Waals surface area (Å²) in [6.07, 6.45) is 6.04. The number of carbonyl (C=O) groups is 1. The molecule has 0 spiro atoms. The molecule has 0 saturated heterocycles. The van der Waals surface area contributed by atoms with Crippen LogP contribution in [0, 0.1) is 5.41 Å². The lowest BCUT2D eigenvalue weighted by atomic mass is 9.90. The van der Waals surface area contributed by atoms with Gasteiger partial charge < -0.3 is 10.0 Å². The van der Waals surface area contributed by atoms with Crippen LogP contribution in [0.2, 0.25) is 0 Å². The van der Waals surface area contributed by atoms with Crippen molar-refractivity contribution in [2.75, 3.05) is 4.90 Å². The van der Waals surface area contributed by atoms with E-state index in [0.717, 1.165) is 30.5 Å². The Morgan fingerprint density at radius 2 is 1.92 bits per heavy atom. The number of carbonyl (C=O) groups excluding carboxylic acids is 1. The van der Waals surface area contributed by atoms with Gasteiger partial charge in [0.05, 0.1) is 6.61 Å². The predicted octanol–water partition coefficient (Wildman–Crippen LogP) is 5.31. The van der Waals surface area contributed by atoms with Crippen LogP contribution in [0.5, 0.6) is 0 Å². The highest BCUT2D eigenvalue weighted by atomic mass is 16.3. The molecule has 0 aliphatic rings. The maximum atomic E-state index is 13.1. The lowest BCUT2D eigenvalue weighted by molar-refractivity contribution is -0.120. The molecule has 3 heteroatoms. The van der Waals surface area contributed by atoms with Crippen molar-refractivity contribution in [3.63, 3.8) is 0 Å². The van der Waals surface area contributed by atoms with Gasteiger partial charge in [0.15, 0.2) is 0 Å². The number of aliphatic hydroxyl groups is 1. The number of hydrogen-bond acceptors (Lipinski definition) is 2. The third-order valence-electron chi connectivity index (χ3n) is 4.30. The van der Waals surface area contributed by atoms with Gasteiger partial charge in [-0.25, -0.2) is 0 Å². The third-order valence-corrected chi connectivity index (χ3v) is 4.30. The van der Waals surface area contributed by atoms with E-state index in [9.17, 15) is 9.90 Å². The maximum absolute atomic E-state index is 13.1. The lowest BCUT2D eigenvalue weighted by Crippen LogP contribution is -2.41. The first-order valence-electron chi connectivity index (χ1n) is 9.34. The van der Waals surface area contributed by atoms with Gasteiger partial charge in [0, 0.05) is 18.2 Å². The van der Waals surface area contributed by atoms with Gasteiger partial charge in [0.25, 0.3) is 0 Å². The molecule has 0 radical (unpaired) electrons. The summed E-state index contributed by atoms with van der Waals surface area (Å²) >= 11 is 0. The number of aliphatic hydroxyl groups excluding tert-OH is 1. The van der Waals surface area contributed by atoms with E-state index < -0.39 is 0 Å². The minimum atomic E-state index is -0.0361. The molecule has 1 atom stereocenters. The van der Waals surface area contributed by atoms with E-state index in [2.05, 4.69) is 34.6 Å². The summed E-state index contributed by atoms with van der Waals surface area (Å²) in [4.78, 5) is 15.0. The van der Waals surface area contributed by atoms with Gasteiger partial charge in [0.2, 0.25) is 5.91 Å². The normalized spacial score (nSPS) is 12.9. The smallest absolute Gasteiger partial charge is 0.227 e. The van der Waals surface area contributed by atoms with Crippen molar-refractivity contribution >= 4 is 11.6 Å². The van der Waals surface area contributed by atoms with Gasteiger partial charge in [-0.3, -0.25) is 4.79 Å². The van der Waals surface area contributed by atoms with Crippen molar-refractivity contribution in [1.82, 2.24) is 0 Å². The molecule has 24 heavy (non-hydrogen) atoms. The molecular weight excluding hydrogens is 298 g/mol. The van der Waals surface area contributed by atoms with Crippen LogP contribution >= 0.6 is 0 Å². The van der Waals surface area contributed by atoms with E-state index in [1.807, 2.05) is 29.2 Å². The molecule has 0 aliphatic heterocycles. The van der Waals surface area contributed by atoms with E-state index in [1.54, 1.807) is 0 Å². The Hall–Kier alpha value is -1.35. The second-order valence-electron chi connectivity index (χ2n) is 7.89. The second kappa shape index (κ2) is 9.83. The predicted molar refractivity (Wildman–Crippen MR) is 102 cm³/mol. The Balaban J connectivity index is 3.10. The zero-order chi connectivity index (χ0) is 18.2. The molecule has 1 aromatic rings. The minimum absolute atomic E-state index is 0.00175. The standard InChI is InChI=1S/C21H35NO2/c1-6-8-9-12-18(7-2)22(20(24)15-21(3,4)5)19-13-10-11-17(14-19)16-23/h10-11,13-14,18,23H,6-9,12,15-16H2,1-5H3. The maximum Gasteiger partial charge on any atom is 0.227 e. The first-order valence-corrected chi connectivity index (χ1v) is 9.34. The van der Waals surface area contributed by atoms with E-state index >= 15 is 0 Å². The molecule has 1 N–H and O–H groups in total. The van der Waals surface area contributed by atoms with Gasteiger partial charge >= 0.3 is 0 Å². The van der Waals surface area contributed by atoms with E-state index in [4.69, 9.17) is 0 Å². The number of rotatable bonds is 9. The Morgan fingerprint density at radius 3 is 2.46 bits per heavy atom. The van der Waals surface area contributed by atoms with Gasteiger partial charge in [-0.05, 0) is 36.0 Å². The number of unbranched alkanes of at least 4 members (excludes halogenated alkanes) is 2. The molecule has 1 aromatic carbocycles. The summed E-state index contributed by atoms with van der Waals surface area (Å²) in [6, 6.07) is 7.98. The molecular formula is C21H35NO2. The SMILES string of the molecule is CCCCCC(CC)N(C(=O)CC(C)(C)C)c1cccc(CO)c1. The minimum Gasteiger partial charge on any atom is -0.392 e. The molecule has 0 aromatic heterocycles. The average molecular weight is 334 g/mol. The topological polar surface area (TPSA) is 40.5 Å². The fourth-order valence-corrected chi connectivity index (χ4v) is 3.05. The third kappa shape index (κ3) is 6.64. The summed E-state index contributed by atoms with van der Waals surface area (Å²) in [5.41, 5.74) is 1.73. The first kappa shape index (κ1) is 20.7. The molecule has 136 valence electrons. The summed E-state index contributed by atoms with van der Waals surface area (Å²) in [7, 11) is 0. The van der Waals surface area contributed by atoms with Gasteiger partial charge in [-0.1, -0.05) is 66.0 Å². The Kier molecular flexibility index (Phi) is 8.47. The summed E-state index contributed by atoms with van der Waals surface area (Å²) in [5.74, 6) is 0.181. The van der Waals surface area contributed by atoms with E-state index in [1.165, 1.54) is 12.8 Å². The molecule has 3 nitrogen and oxygen atoms in total. The zero-order valence-electron chi connectivity index (χ0n) is 16.1. The molecule has 0 bridgehead atoms. The van der Waals surface area contributed by atoms with Crippen molar-refractivity contribution in [2.24, 2.45) is 5.41 Å². The van der Waals surface area contributed by atoms with Crippen molar-refractivity contribution in [3.05, 3.63) is 29.8 Å². The Bertz CT molecular complexity index is 505. The van der Waals surface area contributed by atoms with Crippen LogP contribution in [0.3, 0.4) is 0 Å².